The molecule has 1 saturated carbocycles. The molecular weight excluding hydrogens is 903 g/mol. The number of nitrogens with one attached hydrogen (secondary N) is 4. The minimum atomic E-state index is -1.12. The van der Waals surface area contributed by atoms with Crippen molar-refractivity contribution in [1.82, 2.24) is 30.8 Å². The van der Waals surface area contributed by atoms with E-state index in [-0.39, 0.29) is 54.4 Å². The van der Waals surface area contributed by atoms with Gasteiger partial charge >= 0.3 is 6.03 Å². The number of hydrogen-bond donors (Lipinski definition) is 4. The molecule has 4 heterocycles. The number of benzene rings is 3. The van der Waals surface area contributed by atoms with Gasteiger partial charge in [-0.15, -0.1) is 0 Å². The van der Waals surface area contributed by atoms with Gasteiger partial charge in [0.25, 0.3) is 17.7 Å². The van der Waals surface area contributed by atoms with Crippen LogP contribution in [0, 0.1) is 11.3 Å². The second kappa shape index (κ2) is 21.3. The zero-order valence-electron chi connectivity index (χ0n) is 40.2. The number of anilines is 2. The molecule has 3 aliphatic rings. The van der Waals surface area contributed by atoms with E-state index in [1.165, 1.54) is 18.2 Å². The van der Waals surface area contributed by atoms with Crippen LogP contribution in [0.15, 0.2) is 109 Å². The zero-order valence-corrected chi connectivity index (χ0v) is 40.2. The molecule has 17 heteroatoms. The number of aromatic nitrogens is 2. The molecule has 1 atom stereocenters. The highest BCUT2D eigenvalue weighted by Crippen LogP contribution is 2.35. The number of imide groups is 2. The maximum atomic E-state index is 14.0. The van der Waals surface area contributed by atoms with Gasteiger partial charge in [0.15, 0.2) is 6.61 Å². The summed E-state index contributed by atoms with van der Waals surface area (Å²) in [6.45, 7) is 7.83. The van der Waals surface area contributed by atoms with Crippen molar-refractivity contribution >= 4 is 47.1 Å². The first-order valence-corrected chi connectivity index (χ1v) is 23.8. The Morgan fingerprint density at radius 1 is 0.831 bits per heavy atom. The zero-order chi connectivity index (χ0) is 50.3. The first-order chi connectivity index (χ1) is 34.1. The first kappa shape index (κ1) is 49.5. The quantitative estimate of drug-likeness (QED) is 0.0681. The van der Waals surface area contributed by atoms with E-state index >= 15 is 0 Å². The van der Waals surface area contributed by atoms with E-state index in [1.54, 1.807) is 18.5 Å². The van der Waals surface area contributed by atoms with Gasteiger partial charge in [-0.3, -0.25) is 44.1 Å². The summed E-state index contributed by atoms with van der Waals surface area (Å²) in [5, 5.41) is 20.9. The van der Waals surface area contributed by atoms with Crippen molar-refractivity contribution in [3.63, 3.8) is 0 Å². The minimum absolute atomic E-state index is 0.00211. The highest BCUT2D eigenvalue weighted by atomic mass is 16.5. The fourth-order valence-corrected chi connectivity index (χ4v) is 9.18. The molecule has 366 valence electrons. The number of hydrogen-bond acceptors (Lipinski definition) is 12. The number of nitriles is 1. The molecular formula is C54H57N9O8. The van der Waals surface area contributed by atoms with Gasteiger partial charge in [0.1, 0.15) is 29.3 Å². The summed E-state index contributed by atoms with van der Waals surface area (Å²) in [4.78, 5) is 89.8. The Bertz CT molecular complexity index is 2820. The topological polar surface area (TPSA) is 225 Å². The molecule has 71 heavy (non-hydrogen) atoms. The number of fused-ring (bicyclic) bond motifs is 1. The lowest BCUT2D eigenvalue weighted by molar-refractivity contribution is -0.136. The molecule has 2 fully saturated rings. The Morgan fingerprint density at radius 2 is 1.58 bits per heavy atom. The number of rotatable bonds is 17. The summed E-state index contributed by atoms with van der Waals surface area (Å²) in [6, 6.07) is 30.8. The van der Waals surface area contributed by atoms with Gasteiger partial charge in [-0.25, -0.2) is 9.78 Å². The molecule has 4 N–H and O–H groups in total. The number of piperidine rings is 1. The monoisotopic (exact) mass is 959 g/mol. The Morgan fingerprint density at radius 3 is 2.25 bits per heavy atom. The number of carbonyl (C=O) groups excluding carboxylic acids is 6. The molecule has 5 aromatic rings. The predicted octanol–water partition coefficient (Wildman–Crippen LogP) is 7.17. The average molecular weight is 960 g/mol. The van der Waals surface area contributed by atoms with Crippen LogP contribution < -0.4 is 30.9 Å². The molecule has 1 saturated heterocycles. The molecule has 2 aromatic heterocycles. The summed E-state index contributed by atoms with van der Waals surface area (Å²) in [5.74, 6) is -2.26. The van der Waals surface area contributed by atoms with Crippen LogP contribution in [0.25, 0.3) is 11.1 Å². The van der Waals surface area contributed by atoms with E-state index in [9.17, 15) is 28.8 Å². The Labute approximate surface area is 412 Å². The van der Waals surface area contributed by atoms with Crippen LogP contribution in [-0.4, -0.2) is 87.3 Å². The Kier molecular flexibility index (Phi) is 14.9. The summed E-state index contributed by atoms with van der Waals surface area (Å²) >= 11 is 0. The van der Waals surface area contributed by atoms with Gasteiger partial charge < -0.3 is 25.4 Å². The largest absolute Gasteiger partial charge is 0.483 e. The summed E-state index contributed by atoms with van der Waals surface area (Å²) < 4.78 is 12.1. The van der Waals surface area contributed by atoms with Crippen molar-refractivity contribution in [2.45, 2.75) is 108 Å². The number of pyridine rings is 2. The normalized spacial score (nSPS) is 18.0. The number of nitrogens with zero attached hydrogens (tertiary/aromatic N) is 5. The predicted molar refractivity (Wildman–Crippen MR) is 264 cm³/mol. The molecule has 0 radical (unpaired) electrons. The van der Waals surface area contributed by atoms with Crippen LogP contribution in [-0.2, 0) is 31.3 Å². The van der Waals surface area contributed by atoms with Gasteiger partial charge in [-0.1, -0.05) is 54.6 Å². The first-order valence-electron chi connectivity index (χ1n) is 23.8. The highest BCUT2D eigenvalue weighted by Gasteiger charge is 2.46. The maximum absolute atomic E-state index is 14.0. The van der Waals surface area contributed by atoms with Crippen molar-refractivity contribution in [2.75, 3.05) is 23.4 Å². The van der Waals surface area contributed by atoms with Gasteiger partial charge in [0, 0.05) is 54.2 Å². The van der Waals surface area contributed by atoms with Gasteiger partial charge in [0.2, 0.25) is 11.8 Å². The third kappa shape index (κ3) is 11.7. The van der Waals surface area contributed by atoms with Crippen molar-refractivity contribution in [1.29, 1.82) is 5.26 Å². The fourth-order valence-electron chi connectivity index (χ4n) is 9.18. The molecule has 8 rings (SSSR count). The number of amides is 7. The van der Waals surface area contributed by atoms with E-state index < -0.39 is 53.3 Å². The average Bonchev–Trinajstić information content (AvgIpc) is 3.62. The molecule has 1 unspecified atom stereocenters. The summed E-state index contributed by atoms with van der Waals surface area (Å²) in [6.07, 6.45) is 7.11. The molecule has 3 aromatic carbocycles. The number of carbonyl (C=O) groups is 6. The third-order valence-corrected chi connectivity index (χ3v) is 13.1. The van der Waals surface area contributed by atoms with E-state index in [0.717, 1.165) is 58.8 Å². The molecule has 0 spiro atoms. The fraction of sp³-hybridized carbons (Fsp3) is 0.352. The lowest BCUT2D eigenvalue weighted by Gasteiger charge is -2.37. The Balaban J connectivity index is 0.839. The smallest absolute Gasteiger partial charge is 0.322 e. The molecule has 1 aliphatic carbocycles. The SMILES string of the molecule is CC(C)(CCOC(C)(C)c1ccc(-c2ccc(N(C(=O)NCc3ccccc3)C3CCC(Nc4ccc(C#N)cn4)CC3)cc2)cn1)NC(=O)COc1cccc2c1C(=O)N(C1CCC(=O)NC1=O)C2=O. The van der Waals surface area contributed by atoms with Crippen molar-refractivity contribution in [3.8, 4) is 22.9 Å². The molecule has 17 nitrogen and oxygen atoms in total. The van der Waals surface area contributed by atoms with Crippen molar-refractivity contribution < 1.29 is 38.2 Å². The van der Waals surface area contributed by atoms with Crippen LogP contribution in [0.3, 0.4) is 0 Å². The van der Waals surface area contributed by atoms with Crippen molar-refractivity contribution in [2.24, 2.45) is 0 Å². The maximum Gasteiger partial charge on any atom is 0.322 e. The van der Waals surface area contributed by atoms with Crippen LogP contribution >= 0.6 is 0 Å². The number of ether oxygens (including phenoxy) is 2. The second-order valence-electron chi connectivity index (χ2n) is 19.1. The van der Waals surface area contributed by atoms with E-state index in [4.69, 9.17) is 19.7 Å². The Hall–Kier alpha value is -7.97. The van der Waals surface area contributed by atoms with Crippen LogP contribution in [0.2, 0.25) is 0 Å². The minimum Gasteiger partial charge on any atom is -0.483 e. The van der Waals surface area contributed by atoms with Gasteiger partial charge in [-0.05, 0) is 120 Å². The molecule has 7 amide bonds. The van der Waals surface area contributed by atoms with Crippen molar-refractivity contribution in [3.05, 3.63) is 137 Å². The van der Waals surface area contributed by atoms with Crippen LogP contribution in [0.5, 0.6) is 5.75 Å². The molecule has 2 aliphatic heterocycles. The van der Waals surface area contributed by atoms with Gasteiger partial charge in [0.05, 0.1) is 29.0 Å². The molecule has 0 bridgehead atoms. The number of urea groups is 1. The third-order valence-electron chi connectivity index (χ3n) is 13.1. The van der Waals surface area contributed by atoms with Crippen LogP contribution in [0.4, 0.5) is 16.3 Å². The van der Waals surface area contributed by atoms with Crippen LogP contribution in [0.1, 0.15) is 110 Å². The highest BCUT2D eigenvalue weighted by molar-refractivity contribution is 6.24. The van der Waals surface area contributed by atoms with Gasteiger partial charge in [-0.2, -0.15) is 5.26 Å². The van der Waals surface area contributed by atoms with E-state index in [2.05, 4.69) is 32.3 Å². The summed E-state index contributed by atoms with van der Waals surface area (Å²) in [5.41, 5.74) is 3.40. The standard InChI is InChI=1S/C54H57N9O8/c1-53(2,61-47(65)33-70-43-12-8-11-41-48(43)51(68)63(50(41)67)42-23-26-46(64)60-49(42)66)27-28-71-54(3,4)44-24-16-37(32-56-44)36-14-19-39(20-15-36)62(52(69)58-30-34-9-6-5-7-10-34)40-21-17-38(18-22-40)59-45-25-13-35(29-55)31-57-45/h5-16,19-20,24-25,31-32,38,40,42H,17-18,21-23,26-28,30,33H2,1-4H3,(H,57,59)(H,58,69)(H,61,65)(H,60,64,66). The lowest BCUT2D eigenvalue weighted by Crippen LogP contribution is -2.54. The van der Waals surface area contributed by atoms with E-state index in [0.29, 0.717) is 24.2 Å². The lowest BCUT2D eigenvalue weighted by atomic mass is 9.89. The van der Waals surface area contributed by atoms with E-state index in [1.807, 2.05) is 105 Å². The second-order valence-corrected chi connectivity index (χ2v) is 19.1. The summed E-state index contributed by atoms with van der Waals surface area (Å²) in [7, 11) is 0.